The molecule has 9 nitrogen and oxygen atoms in total. The van der Waals surface area contributed by atoms with E-state index in [1.165, 1.54) is 0 Å². The molecule has 1 atom stereocenters. The molecule has 1 N–H and O–H groups in total. The first-order chi connectivity index (χ1) is 20.5. The molecule has 3 aromatic carbocycles. The minimum absolute atomic E-state index is 0.133. The van der Waals surface area contributed by atoms with Gasteiger partial charge in [0.15, 0.2) is 0 Å². The van der Waals surface area contributed by atoms with Gasteiger partial charge in [-0.3, -0.25) is 9.59 Å². The van der Waals surface area contributed by atoms with Gasteiger partial charge in [0.05, 0.1) is 5.69 Å². The second-order valence-corrected chi connectivity index (χ2v) is 10.4. The third kappa shape index (κ3) is 5.53. The van der Waals surface area contributed by atoms with Crippen LogP contribution in [0.4, 0.5) is 11.4 Å². The molecule has 0 saturated carbocycles. The monoisotopic (exact) mass is 566 g/mol. The molecule has 1 saturated heterocycles. The van der Waals surface area contributed by atoms with Gasteiger partial charge in [0.1, 0.15) is 23.7 Å². The number of benzene rings is 3. The van der Waals surface area contributed by atoms with Crippen LogP contribution in [0, 0.1) is 0 Å². The molecule has 1 aromatic heterocycles. The summed E-state index contributed by atoms with van der Waals surface area (Å²) in [4.78, 5) is 29.9. The zero-order chi connectivity index (χ0) is 29.1. The normalized spacial score (nSPS) is 16.0. The van der Waals surface area contributed by atoms with E-state index in [0.29, 0.717) is 67.5 Å². The molecule has 2 aliphatic rings. The lowest BCUT2D eigenvalue weighted by Crippen LogP contribution is -2.39. The maximum absolute atomic E-state index is 14.0. The highest BCUT2D eigenvalue weighted by Crippen LogP contribution is 2.33. The Morgan fingerprint density at radius 2 is 1.52 bits per heavy atom. The lowest BCUT2D eigenvalue weighted by molar-refractivity contribution is -0.119. The fraction of sp³-hybridized carbons (Fsp3) is 0.303. The molecule has 4 aromatic rings. The summed E-state index contributed by atoms with van der Waals surface area (Å²) in [7, 11) is 0. The van der Waals surface area contributed by atoms with Crippen LogP contribution in [0.2, 0.25) is 0 Å². The number of amides is 2. The van der Waals surface area contributed by atoms with Crippen LogP contribution in [0.1, 0.15) is 59.8 Å². The van der Waals surface area contributed by atoms with Gasteiger partial charge in [-0.05, 0) is 80.3 Å². The number of carbonyl (C=O) groups is 2. The van der Waals surface area contributed by atoms with Crippen LogP contribution in [0.5, 0.6) is 5.75 Å². The molecule has 216 valence electrons. The van der Waals surface area contributed by atoms with Crippen LogP contribution in [-0.4, -0.2) is 46.4 Å². The molecule has 9 heteroatoms. The molecule has 0 radical (unpaired) electrons. The average molecular weight is 567 g/mol. The molecule has 6 rings (SSSR count). The Bertz CT molecular complexity index is 1550. The fourth-order valence-electron chi connectivity index (χ4n) is 5.57. The SMILES string of the molecule is CCOC(O)c1nn(-c2ccc(OCc3ccccc3)cc2)c2c1CCN(c1ccc(N3CCCCC3=O)cc1)C2=O. The van der Waals surface area contributed by atoms with E-state index in [4.69, 9.17) is 9.47 Å². The molecule has 0 aliphatic carbocycles. The summed E-state index contributed by atoms with van der Waals surface area (Å²) in [6, 6.07) is 24.9. The largest absolute Gasteiger partial charge is 0.489 e. The van der Waals surface area contributed by atoms with Gasteiger partial charge in [0, 0.05) is 43.1 Å². The van der Waals surface area contributed by atoms with Crippen LogP contribution in [0.25, 0.3) is 5.69 Å². The third-order valence-corrected chi connectivity index (χ3v) is 7.73. The minimum Gasteiger partial charge on any atom is -0.489 e. The van der Waals surface area contributed by atoms with Crippen molar-refractivity contribution >= 4 is 23.2 Å². The number of carbonyl (C=O) groups excluding carboxylic acids is 2. The summed E-state index contributed by atoms with van der Waals surface area (Å²) in [6.45, 7) is 3.69. The van der Waals surface area contributed by atoms with Crippen molar-refractivity contribution in [2.45, 2.75) is 45.5 Å². The van der Waals surface area contributed by atoms with Gasteiger partial charge in [0.2, 0.25) is 12.2 Å². The Morgan fingerprint density at radius 1 is 0.833 bits per heavy atom. The number of aromatic nitrogens is 2. The lowest BCUT2D eigenvalue weighted by Gasteiger charge is -2.30. The van der Waals surface area contributed by atoms with E-state index in [9.17, 15) is 14.7 Å². The van der Waals surface area contributed by atoms with Gasteiger partial charge in [0.25, 0.3) is 5.91 Å². The molecular formula is C33H34N4O5. The van der Waals surface area contributed by atoms with Gasteiger partial charge in [-0.25, -0.2) is 4.68 Å². The van der Waals surface area contributed by atoms with Crippen molar-refractivity contribution in [2.75, 3.05) is 29.5 Å². The summed E-state index contributed by atoms with van der Waals surface area (Å²) < 4.78 is 13.0. The zero-order valence-electron chi connectivity index (χ0n) is 23.6. The first kappa shape index (κ1) is 27.7. The molecule has 2 aliphatic heterocycles. The smallest absolute Gasteiger partial charge is 0.277 e. The van der Waals surface area contributed by atoms with Crippen LogP contribution < -0.4 is 14.5 Å². The van der Waals surface area contributed by atoms with Crippen LogP contribution in [0.3, 0.4) is 0 Å². The standard InChI is InChI=1S/C33H34N4O5/c1-2-41-33(40)30-28-19-21-36(25-13-11-24(12-14-25)35-20-7-6-10-29(35)38)32(39)31(28)37(34-30)26-15-17-27(18-16-26)42-22-23-8-4-3-5-9-23/h3-5,8-9,11-18,33,40H,2,6-7,10,19-22H2,1H3. The Labute approximate surface area is 244 Å². The topological polar surface area (TPSA) is 97.1 Å². The summed E-state index contributed by atoms with van der Waals surface area (Å²) in [5, 5.41) is 15.4. The number of nitrogens with zero attached hydrogens (tertiary/aromatic N) is 4. The number of aliphatic hydroxyl groups is 1. The molecule has 1 unspecified atom stereocenters. The first-order valence-corrected chi connectivity index (χ1v) is 14.4. The first-order valence-electron chi connectivity index (χ1n) is 14.4. The quantitative estimate of drug-likeness (QED) is 0.280. The highest BCUT2D eigenvalue weighted by atomic mass is 16.6. The van der Waals surface area contributed by atoms with Crippen LogP contribution in [0.15, 0.2) is 78.9 Å². The number of anilines is 2. The van der Waals surface area contributed by atoms with Crippen molar-refractivity contribution in [2.24, 2.45) is 0 Å². The molecule has 3 heterocycles. The summed E-state index contributed by atoms with van der Waals surface area (Å²) >= 11 is 0. The second kappa shape index (κ2) is 12.2. The summed E-state index contributed by atoms with van der Waals surface area (Å²) in [6.07, 6.45) is 1.75. The number of piperidine rings is 1. The highest BCUT2D eigenvalue weighted by molar-refractivity contribution is 6.07. The number of fused-ring (bicyclic) bond motifs is 1. The van der Waals surface area contributed by atoms with E-state index >= 15 is 0 Å². The Morgan fingerprint density at radius 3 is 2.21 bits per heavy atom. The van der Waals surface area contributed by atoms with E-state index in [0.717, 1.165) is 29.8 Å². The van der Waals surface area contributed by atoms with Gasteiger partial charge in [-0.15, -0.1) is 0 Å². The Kier molecular flexibility index (Phi) is 8.03. The number of aliphatic hydroxyl groups excluding tert-OH is 1. The average Bonchev–Trinajstić information content (AvgIpc) is 3.42. The highest BCUT2D eigenvalue weighted by Gasteiger charge is 2.35. The predicted octanol–water partition coefficient (Wildman–Crippen LogP) is 5.20. The molecular weight excluding hydrogens is 532 g/mol. The van der Waals surface area contributed by atoms with Crippen LogP contribution in [-0.2, 0) is 22.6 Å². The van der Waals surface area contributed by atoms with E-state index in [1.54, 1.807) is 16.5 Å². The van der Waals surface area contributed by atoms with Crippen LogP contribution >= 0.6 is 0 Å². The number of hydrogen-bond donors (Lipinski definition) is 1. The second-order valence-electron chi connectivity index (χ2n) is 10.4. The van der Waals surface area contributed by atoms with Crippen molar-refractivity contribution in [1.82, 2.24) is 9.78 Å². The van der Waals surface area contributed by atoms with Crippen molar-refractivity contribution in [3.8, 4) is 11.4 Å². The molecule has 42 heavy (non-hydrogen) atoms. The molecule has 2 amide bonds. The Balaban J connectivity index is 1.28. The molecule has 1 fully saturated rings. The van der Waals surface area contributed by atoms with E-state index < -0.39 is 6.29 Å². The third-order valence-electron chi connectivity index (χ3n) is 7.73. The van der Waals surface area contributed by atoms with Crippen molar-refractivity contribution in [3.63, 3.8) is 0 Å². The van der Waals surface area contributed by atoms with E-state index in [1.807, 2.05) is 83.8 Å². The predicted molar refractivity (Wildman–Crippen MR) is 159 cm³/mol. The minimum atomic E-state index is -1.24. The van der Waals surface area contributed by atoms with Crippen molar-refractivity contribution < 1.29 is 24.2 Å². The number of hydrogen-bond acceptors (Lipinski definition) is 6. The summed E-state index contributed by atoms with van der Waals surface area (Å²) in [5.74, 6) is 0.608. The maximum Gasteiger partial charge on any atom is 0.277 e. The summed E-state index contributed by atoms with van der Waals surface area (Å²) in [5.41, 5.74) is 4.74. The number of rotatable bonds is 9. The fourth-order valence-corrected chi connectivity index (χ4v) is 5.57. The van der Waals surface area contributed by atoms with Crippen molar-refractivity contribution in [1.29, 1.82) is 0 Å². The van der Waals surface area contributed by atoms with Gasteiger partial charge in [-0.2, -0.15) is 5.10 Å². The molecule has 0 bridgehead atoms. The Hall–Kier alpha value is -4.47. The van der Waals surface area contributed by atoms with Gasteiger partial charge in [-0.1, -0.05) is 30.3 Å². The van der Waals surface area contributed by atoms with Crippen molar-refractivity contribution in [3.05, 3.63) is 101 Å². The van der Waals surface area contributed by atoms with Gasteiger partial charge < -0.3 is 24.4 Å². The zero-order valence-corrected chi connectivity index (χ0v) is 23.6. The number of ether oxygens (including phenoxy) is 2. The maximum atomic E-state index is 14.0. The van der Waals surface area contributed by atoms with E-state index in [-0.39, 0.29) is 11.8 Å². The van der Waals surface area contributed by atoms with Gasteiger partial charge >= 0.3 is 0 Å². The van der Waals surface area contributed by atoms with E-state index in [2.05, 4.69) is 5.10 Å². The molecule has 0 spiro atoms. The lowest BCUT2D eigenvalue weighted by atomic mass is 10.0.